The van der Waals surface area contributed by atoms with Crippen LogP contribution >= 0.6 is 0 Å². The quantitative estimate of drug-likeness (QED) is 0.848. The lowest BCUT2D eigenvalue weighted by Gasteiger charge is -2.17. The molecule has 0 unspecified atom stereocenters. The van der Waals surface area contributed by atoms with Crippen molar-refractivity contribution in [2.24, 2.45) is 11.7 Å². The van der Waals surface area contributed by atoms with Gasteiger partial charge in [0.1, 0.15) is 12.1 Å². The molecule has 1 aliphatic heterocycles. The molecule has 0 bridgehead atoms. The van der Waals surface area contributed by atoms with E-state index in [9.17, 15) is 4.79 Å². The first-order valence-corrected chi connectivity index (χ1v) is 6.67. The van der Waals surface area contributed by atoms with Crippen LogP contribution in [-0.4, -0.2) is 33.9 Å². The minimum Gasteiger partial charge on any atom is -0.383 e. The molecule has 2 aromatic rings. The summed E-state index contributed by atoms with van der Waals surface area (Å²) in [7, 11) is 0. The highest BCUT2D eigenvalue weighted by Gasteiger charge is 2.30. The number of rotatable bonds is 3. The predicted octanol–water partition coefficient (Wildman–Crippen LogP) is 0.519. The van der Waals surface area contributed by atoms with E-state index in [4.69, 9.17) is 11.5 Å². The Balaban J connectivity index is 1.85. The number of hydrogen-bond donors (Lipinski definition) is 2. The molecule has 1 fully saturated rings. The van der Waals surface area contributed by atoms with Gasteiger partial charge in [0.15, 0.2) is 0 Å². The molecule has 0 spiro atoms. The van der Waals surface area contributed by atoms with Crippen molar-refractivity contribution in [3.05, 3.63) is 30.1 Å². The Bertz CT molecular complexity index is 657. The van der Waals surface area contributed by atoms with Gasteiger partial charge in [0.2, 0.25) is 5.91 Å². The van der Waals surface area contributed by atoms with Gasteiger partial charge in [0.25, 0.3) is 0 Å². The van der Waals surface area contributed by atoms with E-state index in [2.05, 4.69) is 9.97 Å². The van der Waals surface area contributed by atoms with Crippen LogP contribution in [0.5, 0.6) is 0 Å². The first-order chi connectivity index (χ1) is 9.69. The number of nitrogens with two attached hydrogens (primary N) is 2. The van der Waals surface area contributed by atoms with Gasteiger partial charge in [-0.3, -0.25) is 4.79 Å². The molecule has 1 aromatic carbocycles. The zero-order valence-electron chi connectivity index (χ0n) is 11.1. The Morgan fingerprint density at radius 2 is 2.20 bits per heavy atom. The minimum absolute atomic E-state index is 0.0242. The number of fused-ring (bicyclic) bond motifs is 1. The van der Waals surface area contributed by atoms with Gasteiger partial charge in [0, 0.05) is 25.0 Å². The van der Waals surface area contributed by atoms with Crippen molar-refractivity contribution in [1.29, 1.82) is 0 Å². The van der Waals surface area contributed by atoms with Gasteiger partial charge in [-0.1, -0.05) is 6.07 Å². The second-order valence-corrected chi connectivity index (χ2v) is 5.09. The highest BCUT2D eigenvalue weighted by atomic mass is 16.2. The number of carbonyl (C=O) groups excluding carboxylic acids is 1. The molecule has 1 amide bonds. The molecule has 4 N–H and O–H groups in total. The highest BCUT2D eigenvalue weighted by Crippen LogP contribution is 2.22. The lowest BCUT2D eigenvalue weighted by atomic mass is 10.1. The fourth-order valence-corrected chi connectivity index (χ4v) is 2.62. The van der Waals surface area contributed by atoms with Gasteiger partial charge < -0.3 is 16.4 Å². The summed E-state index contributed by atoms with van der Waals surface area (Å²) in [6.45, 7) is 1.77. The lowest BCUT2D eigenvalue weighted by molar-refractivity contribution is -0.131. The summed E-state index contributed by atoms with van der Waals surface area (Å²) >= 11 is 0. The summed E-state index contributed by atoms with van der Waals surface area (Å²) in [5.74, 6) is 0.582. The molecule has 0 saturated carbocycles. The minimum atomic E-state index is -0.0242. The van der Waals surface area contributed by atoms with Crippen LogP contribution in [-0.2, 0) is 11.3 Å². The monoisotopic (exact) mass is 271 g/mol. The van der Waals surface area contributed by atoms with Gasteiger partial charge in [-0.25, -0.2) is 9.97 Å². The third-order valence-electron chi connectivity index (χ3n) is 3.80. The Hall–Kier alpha value is -2.21. The zero-order chi connectivity index (χ0) is 14.1. The van der Waals surface area contributed by atoms with Gasteiger partial charge >= 0.3 is 0 Å². The number of carbonyl (C=O) groups is 1. The lowest BCUT2D eigenvalue weighted by Crippen LogP contribution is -2.29. The molecule has 3 rings (SSSR count). The summed E-state index contributed by atoms with van der Waals surface area (Å²) in [6.07, 6.45) is 2.29. The summed E-state index contributed by atoms with van der Waals surface area (Å²) in [5.41, 5.74) is 13.3. The number of benzene rings is 1. The van der Waals surface area contributed by atoms with Crippen LogP contribution in [0, 0.1) is 5.92 Å². The molecule has 0 aliphatic carbocycles. The normalized spacial score (nSPS) is 18.9. The van der Waals surface area contributed by atoms with E-state index >= 15 is 0 Å². The number of anilines is 1. The van der Waals surface area contributed by atoms with E-state index in [1.54, 1.807) is 0 Å². The average molecular weight is 271 g/mol. The molecule has 1 aliphatic rings. The molecule has 2 heterocycles. The fraction of sp³-hybridized carbons (Fsp3) is 0.357. The standard InChI is InChI=1S/C14H17N5O/c15-6-10-3-4-19(14(10)20)7-9-1-2-12-11(5-9)13(16)18-8-17-12/h1-2,5,8,10H,3-4,6-7,15H2,(H2,16,17,18)/t10-/m0/s1. The summed E-state index contributed by atoms with van der Waals surface area (Å²) in [5, 5.41) is 0.826. The Kier molecular flexibility index (Phi) is 3.23. The van der Waals surface area contributed by atoms with Crippen LogP contribution in [0.1, 0.15) is 12.0 Å². The molecule has 1 atom stereocenters. The highest BCUT2D eigenvalue weighted by molar-refractivity contribution is 5.88. The van der Waals surface area contributed by atoms with E-state index in [-0.39, 0.29) is 11.8 Å². The molecule has 0 radical (unpaired) electrons. The molecule has 6 heteroatoms. The Morgan fingerprint density at radius 1 is 1.35 bits per heavy atom. The van der Waals surface area contributed by atoms with Crippen molar-refractivity contribution in [3.8, 4) is 0 Å². The van der Waals surface area contributed by atoms with E-state index in [0.29, 0.717) is 18.9 Å². The predicted molar refractivity (Wildman–Crippen MR) is 76.5 cm³/mol. The summed E-state index contributed by atoms with van der Waals surface area (Å²) in [6, 6.07) is 5.83. The van der Waals surface area contributed by atoms with Crippen LogP contribution in [0.4, 0.5) is 5.82 Å². The van der Waals surface area contributed by atoms with Crippen LogP contribution in [0.3, 0.4) is 0 Å². The van der Waals surface area contributed by atoms with E-state index in [1.807, 2.05) is 23.1 Å². The van der Waals surface area contributed by atoms with Crippen LogP contribution < -0.4 is 11.5 Å². The number of amides is 1. The average Bonchev–Trinajstić information content (AvgIpc) is 2.80. The second-order valence-electron chi connectivity index (χ2n) is 5.09. The number of likely N-dealkylation sites (tertiary alicyclic amines) is 1. The summed E-state index contributed by atoms with van der Waals surface area (Å²) in [4.78, 5) is 22.1. The molecular formula is C14H17N5O. The topological polar surface area (TPSA) is 98.1 Å². The van der Waals surface area contributed by atoms with E-state index < -0.39 is 0 Å². The number of nitrogen functional groups attached to an aromatic ring is 1. The van der Waals surface area contributed by atoms with Crippen molar-refractivity contribution in [2.75, 3.05) is 18.8 Å². The molecule has 1 saturated heterocycles. The van der Waals surface area contributed by atoms with Crippen molar-refractivity contribution in [2.45, 2.75) is 13.0 Å². The maximum atomic E-state index is 12.1. The van der Waals surface area contributed by atoms with Crippen molar-refractivity contribution in [3.63, 3.8) is 0 Å². The zero-order valence-corrected chi connectivity index (χ0v) is 11.1. The van der Waals surface area contributed by atoms with Gasteiger partial charge in [-0.05, 0) is 24.1 Å². The first kappa shape index (κ1) is 12.8. The number of nitrogens with zero attached hydrogens (tertiary/aromatic N) is 3. The second kappa shape index (κ2) is 5.05. The van der Waals surface area contributed by atoms with Gasteiger partial charge in [-0.15, -0.1) is 0 Å². The third-order valence-corrected chi connectivity index (χ3v) is 3.80. The first-order valence-electron chi connectivity index (χ1n) is 6.67. The van der Waals surface area contributed by atoms with Gasteiger partial charge in [0.05, 0.1) is 11.4 Å². The van der Waals surface area contributed by atoms with Crippen molar-refractivity contribution >= 4 is 22.6 Å². The SMILES string of the molecule is NC[C@@H]1CCN(Cc2ccc3ncnc(N)c3c2)C1=O. The molecule has 1 aromatic heterocycles. The molecule has 104 valence electrons. The largest absolute Gasteiger partial charge is 0.383 e. The molecular weight excluding hydrogens is 254 g/mol. The Labute approximate surface area is 116 Å². The molecule has 6 nitrogen and oxygen atoms in total. The number of aromatic nitrogens is 2. The van der Waals surface area contributed by atoms with Crippen LogP contribution in [0.25, 0.3) is 10.9 Å². The fourth-order valence-electron chi connectivity index (χ4n) is 2.62. The smallest absolute Gasteiger partial charge is 0.227 e. The maximum absolute atomic E-state index is 12.1. The van der Waals surface area contributed by atoms with Crippen molar-refractivity contribution in [1.82, 2.24) is 14.9 Å². The van der Waals surface area contributed by atoms with Crippen LogP contribution in [0.15, 0.2) is 24.5 Å². The van der Waals surface area contributed by atoms with E-state index in [1.165, 1.54) is 6.33 Å². The maximum Gasteiger partial charge on any atom is 0.227 e. The van der Waals surface area contributed by atoms with E-state index in [0.717, 1.165) is 29.4 Å². The molecule has 20 heavy (non-hydrogen) atoms. The summed E-state index contributed by atoms with van der Waals surface area (Å²) < 4.78 is 0. The Morgan fingerprint density at radius 3 is 2.95 bits per heavy atom. The third kappa shape index (κ3) is 2.18. The van der Waals surface area contributed by atoms with Gasteiger partial charge in [-0.2, -0.15) is 0 Å². The van der Waals surface area contributed by atoms with Crippen molar-refractivity contribution < 1.29 is 4.79 Å². The van der Waals surface area contributed by atoms with Crippen LogP contribution in [0.2, 0.25) is 0 Å². The number of hydrogen-bond acceptors (Lipinski definition) is 5.